The minimum atomic E-state index is -0.801. The molecule has 0 radical (unpaired) electrons. The van der Waals surface area contributed by atoms with Crippen LogP contribution in [-0.2, 0) is 16.0 Å². The molecule has 1 heterocycles. The van der Waals surface area contributed by atoms with Gasteiger partial charge in [0.15, 0.2) is 0 Å². The second-order valence-electron chi connectivity index (χ2n) is 4.40. The van der Waals surface area contributed by atoms with E-state index in [0.29, 0.717) is 19.6 Å². The van der Waals surface area contributed by atoms with Gasteiger partial charge in [-0.1, -0.05) is 12.1 Å². The molecular weight excluding hydrogens is 223 g/mol. The second-order valence-corrected chi connectivity index (χ2v) is 4.40. The van der Waals surface area contributed by atoms with Gasteiger partial charge < -0.3 is 9.84 Å². The van der Waals surface area contributed by atoms with Crippen molar-refractivity contribution in [3.63, 3.8) is 0 Å². The number of ether oxygens (including phenoxy) is 1. The second kappa shape index (κ2) is 5.27. The average Bonchev–Trinajstić information content (AvgIpc) is 2.81. The predicted octanol–water partition coefficient (Wildman–Crippen LogP) is 2.11. The largest absolute Gasteiger partial charge is 0.481 e. The van der Waals surface area contributed by atoms with Crippen molar-refractivity contribution < 1.29 is 19.0 Å². The minimum Gasteiger partial charge on any atom is -0.481 e. The molecule has 1 fully saturated rings. The number of carbonyl (C=O) groups is 1. The summed E-state index contributed by atoms with van der Waals surface area (Å²) in [6.07, 6.45) is 1.22. The smallest absolute Gasteiger partial charge is 0.307 e. The summed E-state index contributed by atoms with van der Waals surface area (Å²) in [5.74, 6) is -1.48. The van der Waals surface area contributed by atoms with Crippen LogP contribution in [0, 0.1) is 17.7 Å². The van der Waals surface area contributed by atoms with E-state index in [1.54, 1.807) is 12.1 Å². The van der Waals surface area contributed by atoms with Crippen LogP contribution in [0.3, 0.4) is 0 Å². The molecule has 1 aliphatic rings. The van der Waals surface area contributed by atoms with E-state index < -0.39 is 11.9 Å². The summed E-state index contributed by atoms with van der Waals surface area (Å²) >= 11 is 0. The molecule has 2 unspecified atom stereocenters. The molecule has 2 rings (SSSR count). The summed E-state index contributed by atoms with van der Waals surface area (Å²) in [6, 6.07) is 6.00. The first-order chi connectivity index (χ1) is 8.16. The van der Waals surface area contributed by atoms with E-state index in [2.05, 4.69) is 0 Å². The molecule has 17 heavy (non-hydrogen) atoms. The molecule has 0 bridgehead atoms. The summed E-state index contributed by atoms with van der Waals surface area (Å²) < 4.78 is 18.0. The van der Waals surface area contributed by atoms with Crippen LogP contribution in [0.5, 0.6) is 0 Å². The lowest BCUT2D eigenvalue weighted by molar-refractivity contribution is -0.143. The molecule has 92 valence electrons. The molecule has 3 nitrogen and oxygen atoms in total. The van der Waals surface area contributed by atoms with Crippen LogP contribution in [0.1, 0.15) is 12.0 Å². The molecule has 1 aliphatic heterocycles. The first kappa shape index (κ1) is 12.0. The zero-order valence-corrected chi connectivity index (χ0v) is 9.43. The Balaban J connectivity index is 2.06. The maximum absolute atomic E-state index is 12.7. The first-order valence-electron chi connectivity index (χ1n) is 5.72. The highest BCUT2D eigenvalue weighted by Gasteiger charge is 2.31. The molecule has 1 aromatic rings. The molecule has 1 N–H and O–H groups in total. The van der Waals surface area contributed by atoms with Gasteiger partial charge in [0, 0.05) is 6.61 Å². The Bertz CT molecular complexity index is 382. The Morgan fingerprint density at radius 1 is 1.47 bits per heavy atom. The van der Waals surface area contributed by atoms with Crippen LogP contribution in [0.4, 0.5) is 4.39 Å². The van der Waals surface area contributed by atoms with Crippen LogP contribution in [0.2, 0.25) is 0 Å². The maximum Gasteiger partial charge on any atom is 0.307 e. The van der Waals surface area contributed by atoms with E-state index in [1.807, 2.05) is 0 Å². The fourth-order valence-electron chi connectivity index (χ4n) is 2.20. The van der Waals surface area contributed by atoms with Crippen LogP contribution in [0.15, 0.2) is 24.3 Å². The van der Waals surface area contributed by atoms with Gasteiger partial charge in [-0.2, -0.15) is 0 Å². The van der Waals surface area contributed by atoms with Crippen molar-refractivity contribution >= 4 is 5.97 Å². The Morgan fingerprint density at radius 2 is 2.18 bits per heavy atom. The van der Waals surface area contributed by atoms with Crippen molar-refractivity contribution in [2.45, 2.75) is 12.8 Å². The summed E-state index contributed by atoms with van der Waals surface area (Å²) in [5, 5.41) is 9.22. The third kappa shape index (κ3) is 3.03. The van der Waals surface area contributed by atoms with Gasteiger partial charge in [0.05, 0.1) is 12.5 Å². The quantitative estimate of drug-likeness (QED) is 0.873. The molecule has 1 aromatic carbocycles. The molecular formula is C13H15FO3. The lowest BCUT2D eigenvalue weighted by Gasteiger charge is -2.17. The van der Waals surface area contributed by atoms with Gasteiger partial charge in [-0.15, -0.1) is 0 Å². The number of carboxylic acids is 1. The molecule has 0 amide bonds. The minimum absolute atomic E-state index is 0.0672. The molecule has 2 atom stereocenters. The van der Waals surface area contributed by atoms with Gasteiger partial charge in [0.1, 0.15) is 5.82 Å². The highest BCUT2D eigenvalue weighted by Crippen LogP contribution is 2.25. The van der Waals surface area contributed by atoms with Gasteiger partial charge in [-0.05, 0) is 36.5 Å². The number of carboxylic acid groups (broad SMARTS) is 1. The standard InChI is InChI=1S/C13H15FO3/c14-11-3-1-9(2-4-11)7-12(13(15)16)10-5-6-17-8-10/h1-4,10,12H,5-8H2,(H,15,16). The third-order valence-electron chi connectivity index (χ3n) is 3.22. The van der Waals surface area contributed by atoms with Crippen molar-refractivity contribution in [2.24, 2.45) is 11.8 Å². The molecule has 0 spiro atoms. The zero-order chi connectivity index (χ0) is 12.3. The van der Waals surface area contributed by atoms with Crippen LogP contribution >= 0.6 is 0 Å². The zero-order valence-electron chi connectivity index (χ0n) is 9.43. The van der Waals surface area contributed by atoms with Gasteiger partial charge in [-0.3, -0.25) is 4.79 Å². The number of aliphatic carboxylic acids is 1. The fraction of sp³-hybridized carbons (Fsp3) is 0.462. The molecule has 4 heteroatoms. The number of rotatable bonds is 4. The molecule has 0 aromatic heterocycles. The van der Waals surface area contributed by atoms with Crippen molar-refractivity contribution in [1.82, 2.24) is 0 Å². The maximum atomic E-state index is 12.7. The van der Waals surface area contributed by atoms with E-state index in [9.17, 15) is 14.3 Å². The lowest BCUT2D eigenvalue weighted by Crippen LogP contribution is -2.26. The Hall–Kier alpha value is -1.42. The fourth-order valence-corrected chi connectivity index (χ4v) is 2.20. The SMILES string of the molecule is O=C(O)C(Cc1ccc(F)cc1)C1CCOC1. The van der Waals surface area contributed by atoms with E-state index in [0.717, 1.165) is 12.0 Å². The normalized spacial score (nSPS) is 21.4. The number of benzene rings is 1. The van der Waals surface area contributed by atoms with Crippen molar-refractivity contribution in [3.8, 4) is 0 Å². The highest BCUT2D eigenvalue weighted by atomic mass is 19.1. The molecule has 1 saturated heterocycles. The summed E-state index contributed by atoms with van der Waals surface area (Å²) in [6.45, 7) is 1.15. The topological polar surface area (TPSA) is 46.5 Å². The third-order valence-corrected chi connectivity index (χ3v) is 3.22. The Labute approximate surface area is 99.2 Å². The Kier molecular flexibility index (Phi) is 3.74. The van der Waals surface area contributed by atoms with Crippen LogP contribution in [-0.4, -0.2) is 24.3 Å². The van der Waals surface area contributed by atoms with Gasteiger partial charge in [-0.25, -0.2) is 4.39 Å². The predicted molar refractivity (Wildman–Crippen MR) is 60.2 cm³/mol. The van der Waals surface area contributed by atoms with Crippen molar-refractivity contribution in [3.05, 3.63) is 35.6 Å². The van der Waals surface area contributed by atoms with Gasteiger partial charge in [0.25, 0.3) is 0 Å². The van der Waals surface area contributed by atoms with Gasteiger partial charge >= 0.3 is 5.97 Å². The summed E-state index contributed by atoms with van der Waals surface area (Å²) in [4.78, 5) is 11.2. The number of hydrogen-bond acceptors (Lipinski definition) is 2. The summed E-state index contributed by atoms with van der Waals surface area (Å²) in [5.41, 5.74) is 0.853. The molecule has 0 aliphatic carbocycles. The molecule has 0 saturated carbocycles. The first-order valence-corrected chi connectivity index (χ1v) is 5.72. The van der Waals surface area contributed by atoms with E-state index in [4.69, 9.17) is 4.74 Å². The van der Waals surface area contributed by atoms with Crippen LogP contribution in [0.25, 0.3) is 0 Å². The van der Waals surface area contributed by atoms with E-state index in [1.165, 1.54) is 12.1 Å². The summed E-state index contributed by atoms with van der Waals surface area (Å²) in [7, 11) is 0. The van der Waals surface area contributed by atoms with E-state index >= 15 is 0 Å². The van der Waals surface area contributed by atoms with Gasteiger partial charge in [0.2, 0.25) is 0 Å². The number of halogens is 1. The highest BCUT2D eigenvalue weighted by molar-refractivity contribution is 5.70. The van der Waals surface area contributed by atoms with Crippen molar-refractivity contribution in [1.29, 1.82) is 0 Å². The van der Waals surface area contributed by atoms with Crippen LogP contribution < -0.4 is 0 Å². The van der Waals surface area contributed by atoms with E-state index in [-0.39, 0.29) is 11.7 Å². The number of hydrogen-bond donors (Lipinski definition) is 1. The Morgan fingerprint density at radius 3 is 2.71 bits per heavy atom. The lowest BCUT2D eigenvalue weighted by atomic mass is 9.86. The average molecular weight is 238 g/mol. The monoisotopic (exact) mass is 238 g/mol. The van der Waals surface area contributed by atoms with Crippen molar-refractivity contribution in [2.75, 3.05) is 13.2 Å².